The molecule has 0 spiro atoms. The molecular weight excluding hydrogens is 1390 g/mol. The second-order valence-electron chi connectivity index (χ2n) is 25.9. The largest absolute Gasteiger partial charge is 0.493 e. The number of aromatic nitrogens is 4. The number of Topliss-reactive ketones (excluding diaryl/α,β-unsaturated/α-hetero) is 1. The van der Waals surface area contributed by atoms with Crippen LogP contribution in [0.15, 0.2) is 103 Å². The van der Waals surface area contributed by atoms with Crippen LogP contribution in [0.2, 0.25) is 0 Å². The van der Waals surface area contributed by atoms with Crippen LogP contribution in [-0.2, 0) is 63.5 Å². The smallest absolute Gasteiger partial charge is 0.416 e. The zero-order valence-electron chi connectivity index (χ0n) is 59.3. The highest BCUT2D eigenvalue weighted by Crippen LogP contribution is 2.41. The first-order valence-electron chi connectivity index (χ1n) is 34.7. The van der Waals surface area contributed by atoms with E-state index < -0.39 is 30.6 Å². The first kappa shape index (κ1) is 76.8. The minimum absolute atomic E-state index is 0.0176. The summed E-state index contributed by atoms with van der Waals surface area (Å²) in [6, 6.07) is 22.8. The summed E-state index contributed by atoms with van der Waals surface area (Å²) in [5.41, 5.74) is 5.07. The van der Waals surface area contributed by atoms with Crippen molar-refractivity contribution in [1.82, 2.24) is 28.9 Å². The summed E-state index contributed by atoms with van der Waals surface area (Å²) in [6.45, 7) is 13.9. The third-order valence-corrected chi connectivity index (χ3v) is 20.2. The van der Waals surface area contributed by atoms with Gasteiger partial charge in [-0.3, -0.25) is 33.8 Å². The van der Waals surface area contributed by atoms with Crippen LogP contribution in [0.5, 0.6) is 11.5 Å². The van der Waals surface area contributed by atoms with Crippen LogP contribution in [-0.4, -0.2) is 153 Å². The number of thiophene rings is 2. The molecule has 3 fully saturated rings. The Kier molecular flexibility index (Phi) is 26.4. The Morgan fingerprint density at radius 1 is 0.667 bits per heavy atom. The van der Waals surface area contributed by atoms with Crippen molar-refractivity contribution in [2.24, 2.45) is 19.1 Å². The van der Waals surface area contributed by atoms with Gasteiger partial charge in [0.2, 0.25) is 23.4 Å². The second-order valence-corrected chi connectivity index (χ2v) is 28.5. The molecule has 9 heterocycles. The van der Waals surface area contributed by atoms with Crippen molar-refractivity contribution < 1.29 is 76.4 Å². The Morgan fingerprint density at radius 2 is 1.25 bits per heavy atom. The van der Waals surface area contributed by atoms with Gasteiger partial charge >= 0.3 is 18.4 Å². The average Bonchev–Trinajstić information content (AvgIpc) is 1.65. The Morgan fingerprint density at radius 3 is 1.90 bits per heavy atom. The molecule has 27 nitrogen and oxygen atoms in total. The lowest BCUT2D eigenvalue weighted by Gasteiger charge is -2.42. The number of hydrogen-bond donors (Lipinski definition) is 3. The lowest BCUT2D eigenvalue weighted by molar-refractivity contribution is -0.198. The van der Waals surface area contributed by atoms with Gasteiger partial charge in [0.25, 0.3) is 17.7 Å². The number of piperidine rings is 2. The molecule has 0 bridgehead atoms. The van der Waals surface area contributed by atoms with E-state index in [2.05, 4.69) is 62.6 Å². The van der Waals surface area contributed by atoms with Gasteiger partial charge in [-0.15, -0.1) is 22.7 Å². The normalized spacial score (nSPS) is 17.1. The number of aryl methyl sites for hydroxylation is 6. The zero-order valence-corrected chi connectivity index (χ0v) is 61.0. The van der Waals surface area contributed by atoms with Gasteiger partial charge in [-0.05, 0) is 180 Å². The number of nitrogens with one attached hydrogen (secondary N) is 3. The molecule has 0 aliphatic carbocycles. The maximum atomic E-state index is 14.2. The van der Waals surface area contributed by atoms with Gasteiger partial charge in [0.15, 0.2) is 30.0 Å². The van der Waals surface area contributed by atoms with Gasteiger partial charge in [0.1, 0.15) is 18.1 Å². The fraction of sp³-hybridized carbons (Fsp3) is 0.395. The van der Waals surface area contributed by atoms with E-state index in [9.17, 15) is 33.6 Å². The van der Waals surface area contributed by atoms with E-state index in [4.69, 9.17) is 42.9 Å². The van der Waals surface area contributed by atoms with Crippen LogP contribution >= 0.6 is 22.7 Å². The Hall–Kier alpha value is -10.8. The van der Waals surface area contributed by atoms with Gasteiger partial charge < -0.3 is 58.6 Å². The van der Waals surface area contributed by atoms with Crippen LogP contribution in [0.3, 0.4) is 0 Å². The lowest BCUT2D eigenvalue weighted by Crippen LogP contribution is -2.57. The maximum absolute atomic E-state index is 14.2. The van der Waals surface area contributed by atoms with Crippen molar-refractivity contribution in [3.8, 4) is 11.5 Å². The van der Waals surface area contributed by atoms with Gasteiger partial charge in [0.05, 0.1) is 47.8 Å². The molecule has 4 atom stereocenters. The van der Waals surface area contributed by atoms with E-state index >= 15 is 0 Å². The summed E-state index contributed by atoms with van der Waals surface area (Å²) in [4.78, 5) is 146. The minimum Gasteiger partial charge on any atom is -0.493 e. The molecule has 3 N–H and O–H groups in total. The monoisotopic (exact) mass is 1470 g/mol. The molecule has 5 aliphatic rings. The number of ketones is 1. The average molecular weight is 1470 g/mol. The molecule has 8 aromatic rings. The molecule has 6 amide bonds. The minimum atomic E-state index is -0.849. The summed E-state index contributed by atoms with van der Waals surface area (Å²) in [6.07, 6.45) is 14.5. The van der Waals surface area contributed by atoms with E-state index in [1.165, 1.54) is 25.4 Å². The van der Waals surface area contributed by atoms with Crippen LogP contribution < -0.4 is 30.3 Å². The summed E-state index contributed by atoms with van der Waals surface area (Å²) < 4.78 is 35.9. The molecule has 4 aromatic heterocycles. The fourth-order valence-corrected chi connectivity index (χ4v) is 15.1. The van der Waals surface area contributed by atoms with Crippen molar-refractivity contribution >= 4 is 131 Å². The van der Waals surface area contributed by atoms with Crippen molar-refractivity contribution in [2.75, 3.05) is 60.4 Å². The first-order valence-corrected chi connectivity index (χ1v) is 36.3. The molecular formula is C76H83N11O16S2. The number of ether oxygens (including phenoxy) is 5. The van der Waals surface area contributed by atoms with Crippen LogP contribution in [0.4, 0.5) is 33.5 Å². The SMILES string of the molecule is C=CCOC(=O)N1c2cc(OCCCC(=O)Nc3cn(C)c(C(=O)Nc4ccc5sc(C)cc5c4)n3)c(C)cc2C(=O)N2CCCC[C@H]2C1OC1CCCCO1.Cc1cc2cc(CC(=O)c3nc(NC(=O)CCCOc4cc5c(cc4C)C(=O)N4CCCC[C@H]4C=N5)cn3C)ccc2s1.O=C=O.O=C=O. The molecule has 2 unspecified atom stereocenters. The molecule has 4 aromatic carbocycles. The summed E-state index contributed by atoms with van der Waals surface area (Å²) in [5.74, 6) is 1.02. The fourth-order valence-electron chi connectivity index (χ4n) is 13.3. The standard InChI is InChI=1S/C41H48N6O8S.C33H35N5O4S.2CO2/c1-5-17-54-41(51)47-31-23-32(25(2)20-29(31)39(50)46-16-8-6-11-30(46)40(47)55-36-13-7-9-18-53-36)52-19-10-12-35(48)43-34-24-45(4)37(44-34)38(49)42-28-14-15-33-27(22-28)21-26(3)56-33;1-20-13-25-26(34-18-24-7-4-5-11-38(24)33(25)41)17-28(20)42-12-6-8-31(40)35-30-19-37(3)32(36-30)27(39)16-22-9-10-29-23(15-22)14-21(2)43-29;2*2-1-3/h5,14-15,20-24,30,36,40H,1,6-13,16-19H2,2-4H3,(H,42,49)(H,43,48);9-10,13-15,17-19,24H,4-8,11-12,16H2,1-3H3,(H,35,40);;/t30-,36?,40?;24-;;/m00../s1. The van der Waals surface area contributed by atoms with Crippen molar-refractivity contribution in [3.63, 3.8) is 0 Å². The quantitative estimate of drug-likeness (QED) is 0.0342. The van der Waals surface area contributed by atoms with Gasteiger partial charge in [-0.25, -0.2) is 19.7 Å². The number of fused-ring (bicyclic) bond motifs is 6. The first-order chi connectivity index (χ1) is 50.7. The van der Waals surface area contributed by atoms with Crippen LogP contribution in [0, 0.1) is 27.7 Å². The third-order valence-electron chi connectivity index (χ3n) is 18.2. The number of carbonyl (C=O) groups excluding carboxylic acids is 11. The van der Waals surface area contributed by atoms with E-state index in [-0.39, 0.29) is 91.9 Å². The van der Waals surface area contributed by atoms with E-state index in [1.54, 1.807) is 70.4 Å². The Balaban J connectivity index is 0.000000215. The van der Waals surface area contributed by atoms with Crippen molar-refractivity contribution in [1.29, 1.82) is 0 Å². The lowest BCUT2D eigenvalue weighted by atomic mass is 10.00. The number of imidazole rings is 2. The molecule has 29 heteroatoms. The highest BCUT2D eigenvalue weighted by molar-refractivity contribution is 7.19. The number of nitrogens with zero attached hydrogens (tertiary/aromatic N) is 8. The topological polar surface area (TPSA) is 328 Å². The molecule has 0 saturated carbocycles. The number of rotatable bonds is 21. The van der Waals surface area contributed by atoms with Gasteiger partial charge in [-0.1, -0.05) is 18.7 Å². The number of anilines is 4. The third kappa shape index (κ3) is 19.3. The number of aliphatic imine (C=N–C) groups is 1. The molecule has 0 radical (unpaired) electrons. The molecule has 13 rings (SSSR count). The van der Waals surface area contributed by atoms with Crippen molar-refractivity contribution in [2.45, 2.75) is 142 Å². The molecule has 105 heavy (non-hydrogen) atoms. The van der Waals surface area contributed by atoms with Crippen LogP contribution in [0.25, 0.3) is 20.2 Å². The summed E-state index contributed by atoms with van der Waals surface area (Å²) in [7, 11) is 3.44. The predicted octanol–water partition coefficient (Wildman–Crippen LogP) is 12.3. The zero-order chi connectivity index (χ0) is 74.8. The number of hydrogen-bond acceptors (Lipinski definition) is 21. The Labute approximate surface area is 613 Å². The Bertz CT molecular complexity index is 4640. The summed E-state index contributed by atoms with van der Waals surface area (Å²) in [5, 5.41) is 10.7. The van der Waals surface area contributed by atoms with E-state index in [0.29, 0.717) is 102 Å². The highest BCUT2D eigenvalue weighted by atomic mass is 32.1. The highest BCUT2D eigenvalue weighted by Gasteiger charge is 2.47. The second kappa shape index (κ2) is 36.1. The van der Waals surface area contributed by atoms with Gasteiger partial charge in [0, 0.05) is 109 Å². The number of carbonyl (C=O) groups is 7. The van der Waals surface area contributed by atoms with Crippen LogP contribution in [0.1, 0.15) is 152 Å². The number of amides is 6. The molecule has 3 saturated heterocycles. The maximum Gasteiger partial charge on any atom is 0.416 e. The van der Waals surface area contributed by atoms with Crippen molar-refractivity contribution in [3.05, 3.63) is 147 Å². The molecule has 5 aliphatic heterocycles. The van der Waals surface area contributed by atoms with E-state index in [0.717, 1.165) is 78.1 Å². The number of benzene rings is 4. The van der Waals surface area contributed by atoms with E-state index in [1.807, 2.05) is 79.3 Å². The predicted molar refractivity (Wildman–Crippen MR) is 393 cm³/mol. The van der Waals surface area contributed by atoms with Gasteiger partial charge in [-0.2, -0.15) is 19.2 Å². The summed E-state index contributed by atoms with van der Waals surface area (Å²) >= 11 is 3.43. The molecule has 550 valence electrons.